The molecule has 2 fully saturated rings. The Labute approximate surface area is 155 Å². The molecule has 6 nitrogen and oxygen atoms in total. The maximum atomic E-state index is 11.9. The van der Waals surface area contributed by atoms with Gasteiger partial charge in [0.25, 0.3) is 11.8 Å². The van der Waals surface area contributed by atoms with Crippen molar-refractivity contribution in [1.29, 1.82) is 0 Å². The third-order valence-corrected chi connectivity index (χ3v) is 4.84. The van der Waals surface area contributed by atoms with Crippen molar-refractivity contribution in [3.63, 3.8) is 0 Å². The zero-order chi connectivity index (χ0) is 18.5. The minimum absolute atomic E-state index is 0.149. The molecular formula is C20H32N4O2+2. The molecule has 6 heteroatoms. The predicted octanol–water partition coefficient (Wildman–Crippen LogP) is -1.73. The maximum Gasteiger partial charge on any atom is 0.275 e. The first-order valence-electron chi connectivity index (χ1n) is 9.77. The molecule has 0 bridgehead atoms. The van der Waals surface area contributed by atoms with Crippen molar-refractivity contribution in [2.75, 3.05) is 27.2 Å². The lowest BCUT2D eigenvalue weighted by atomic mass is 10.1. The van der Waals surface area contributed by atoms with E-state index in [0.717, 1.165) is 38.8 Å². The molecule has 0 aromatic heterocycles. The fourth-order valence-corrected chi connectivity index (χ4v) is 3.16. The fraction of sp³-hybridized carbons (Fsp3) is 0.600. The number of carbonyl (C=O) groups excluding carboxylic acids is 2. The molecule has 1 aromatic carbocycles. The minimum atomic E-state index is 0.149. The Balaban J connectivity index is 1.39. The summed E-state index contributed by atoms with van der Waals surface area (Å²) in [5, 5.41) is 6.07. The van der Waals surface area contributed by atoms with Gasteiger partial charge in [-0.25, -0.2) is 0 Å². The van der Waals surface area contributed by atoms with Crippen LogP contribution in [0.1, 0.15) is 36.8 Å². The Hall–Kier alpha value is -1.92. The van der Waals surface area contributed by atoms with Crippen LogP contribution >= 0.6 is 0 Å². The number of benzene rings is 1. The van der Waals surface area contributed by atoms with E-state index in [1.165, 1.54) is 20.9 Å². The molecule has 3 rings (SSSR count). The van der Waals surface area contributed by atoms with Crippen molar-refractivity contribution in [3.05, 3.63) is 35.4 Å². The molecule has 0 radical (unpaired) electrons. The highest BCUT2D eigenvalue weighted by Gasteiger charge is 2.25. The van der Waals surface area contributed by atoms with Crippen LogP contribution in [-0.2, 0) is 22.7 Å². The summed E-state index contributed by atoms with van der Waals surface area (Å²) in [7, 11) is 4.10. The summed E-state index contributed by atoms with van der Waals surface area (Å²) in [6.07, 6.45) is 4.52. The summed E-state index contributed by atoms with van der Waals surface area (Å²) in [4.78, 5) is 26.1. The Bertz CT molecular complexity index is 568. The number of hydrogen-bond acceptors (Lipinski definition) is 2. The first kappa shape index (κ1) is 18.9. The molecule has 2 saturated carbocycles. The van der Waals surface area contributed by atoms with E-state index >= 15 is 0 Å². The van der Waals surface area contributed by atoms with Crippen molar-refractivity contribution >= 4 is 11.8 Å². The monoisotopic (exact) mass is 360 g/mol. The summed E-state index contributed by atoms with van der Waals surface area (Å²) in [5.74, 6) is 0.299. The first-order chi connectivity index (χ1) is 12.5. The smallest absolute Gasteiger partial charge is 0.275 e. The van der Waals surface area contributed by atoms with Gasteiger partial charge in [0.2, 0.25) is 0 Å². The minimum Gasteiger partial charge on any atom is -0.348 e. The van der Waals surface area contributed by atoms with Gasteiger partial charge in [-0.1, -0.05) is 24.3 Å². The van der Waals surface area contributed by atoms with Gasteiger partial charge in [0, 0.05) is 23.2 Å². The van der Waals surface area contributed by atoms with E-state index in [9.17, 15) is 9.59 Å². The topological polar surface area (TPSA) is 67.1 Å². The largest absolute Gasteiger partial charge is 0.348 e. The zero-order valence-corrected chi connectivity index (χ0v) is 15.9. The second-order valence-electron chi connectivity index (χ2n) is 8.12. The fourth-order valence-electron chi connectivity index (χ4n) is 3.16. The molecule has 2 unspecified atom stereocenters. The summed E-state index contributed by atoms with van der Waals surface area (Å²) >= 11 is 0. The standard InChI is InChI=1S/C20H30N4O2/c1-23(13-19(25)21-17-7-8-17)11-15-3-5-16(6-4-15)12-24(2)14-20(26)22-18-9-10-18/h3-6,17-18H,7-14H2,1-2H3,(H,21,25)(H,22,26)/p+2. The maximum absolute atomic E-state index is 11.9. The second kappa shape index (κ2) is 8.64. The molecule has 2 aliphatic rings. The summed E-state index contributed by atoms with van der Waals surface area (Å²) in [6.45, 7) is 2.71. The van der Waals surface area contributed by atoms with Crippen molar-refractivity contribution in [2.45, 2.75) is 50.9 Å². The van der Waals surface area contributed by atoms with Gasteiger partial charge in [-0.2, -0.15) is 0 Å². The van der Waals surface area contributed by atoms with Crippen LogP contribution < -0.4 is 20.4 Å². The molecule has 26 heavy (non-hydrogen) atoms. The number of rotatable bonds is 10. The van der Waals surface area contributed by atoms with Crippen molar-refractivity contribution < 1.29 is 19.4 Å². The molecule has 0 spiro atoms. The van der Waals surface area contributed by atoms with E-state index in [4.69, 9.17) is 0 Å². The van der Waals surface area contributed by atoms with Gasteiger partial charge in [-0.05, 0) is 25.7 Å². The summed E-state index contributed by atoms with van der Waals surface area (Å²) in [5.41, 5.74) is 2.46. The molecule has 0 saturated heterocycles. The van der Waals surface area contributed by atoms with Gasteiger partial charge >= 0.3 is 0 Å². The average molecular weight is 361 g/mol. The van der Waals surface area contributed by atoms with Gasteiger partial charge in [-0.3, -0.25) is 9.59 Å². The van der Waals surface area contributed by atoms with Crippen molar-refractivity contribution in [3.8, 4) is 0 Å². The number of hydrogen-bond donors (Lipinski definition) is 4. The van der Waals surface area contributed by atoms with Gasteiger partial charge in [0.1, 0.15) is 13.1 Å². The second-order valence-corrected chi connectivity index (χ2v) is 8.12. The Kier molecular flexibility index (Phi) is 6.27. The van der Waals surface area contributed by atoms with Crippen LogP contribution in [0.3, 0.4) is 0 Å². The Morgan fingerprint density at radius 3 is 1.46 bits per heavy atom. The molecule has 0 aliphatic heterocycles. The van der Waals surface area contributed by atoms with Crippen LogP contribution in [0.5, 0.6) is 0 Å². The van der Waals surface area contributed by atoms with Gasteiger partial charge in [-0.15, -0.1) is 0 Å². The number of quaternary nitrogens is 2. The predicted molar refractivity (Wildman–Crippen MR) is 99.7 cm³/mol. The molecule has 2 amide bonds. The lowest BCUT2D eigenvalue weighted by Gasteiger charge is -2.15. The highest BCUT2D eigenvalue weighted by molar-refractivity contribution is 5.77. The number of likely N-dealkylation sites (N-methyl/N-ethyl adjacent to an activating group) is 2. The number of amides is 2. The Morgan fingerprint density at radius 2 is 1.15 bits per heavy atom. The van der Waals surface area contributed by atoms with E-state index in [-0.39, 0.29) is 11.8 Å². The van der Waals surface area contributed by atoms with E-state index in [1.54, 1.807) is 0 Å². The van der Waals surface area contributed by atoms with Crippen LogP contribution in [0.4, 0.5) is 0 Å². The molecule has 1 aromatic rings. The average Bonchev–Trinajstić information content (AvgIpc) is 3.46. The van der Waals surface area contributed by atoms with Crippen LogP contribution in [-0.4, -0.2) is 51.1 Å². The number of carbonyl (C=O) groups is 2. The van der Waals surface area contributed by atoms with Crippen LogP contribution in [0.25, 0.3) is 0 Å². The Morgan fingerprint density at radius 1 is 0.808 bits per heavy atom. The number of nitrogens with one attached hydrogen (secondary N) is 4. The summed E-state index contributed by atoms with van der Waals surface area (Å²) < 4.78 is 0. The lowest BCUT2D eigenvalue weighted by molar-refractivity contribution is -0.885. The molecule has 2 atom stereocenters. The van der Waals surface area contributed by atoms with Gasteiger partial charge < -0.3 is 20.4 Å². The quantitative estimate of drug-likeness (QED) is 0.401. The van der Waals surface area contributed by atoms with Gasteiger partial charge in [0.15, 0.2) is 13.1 Å². The molecular weight excluding hydrogens is 328 g/mol. The van der Waals surface area contributed by atoms with E-state index in [1.807, 2.05) is 0 Å². The lowest BCUT2D eigenvalue weighted by Crippen LogP contribution is -3.09. The first-order valence-corrected chi connectivity index (χ1v) is 9.77. The highest BCUT2D eigenvalue weighted by atomic mass is 16.2. The van der Waals surface area contributed by atoms with E-state index < -0.39 is 0 Å². The molecule has 0 heterocycles. The van der Waals surface area contributed by atoms with E-state index in [2.05, 4.69) is 49.0 Å². The SMILES string of the molecule is C[NH+](CC(=O)NC1CC1)Cc1ccc(C[NH+](C)CC(=O)NC2CC2)cc1. The third-order valence-electron chi connectivity index (χ3n) is 4.84. The van der Waals surface area contributed by atoms with Gasteiger partial charge in [0.05, 0.1) is 14.1 Å². The van der Waals surface area contributed by atoms with Crippen LogP contribution in [0, 0.1) is 0 Å². The molecule has 4 N–H and O–H groups in total. The zero-order valence-electron chi connectivity index (χ0n) is 15.9. The van der Waals surface area contributed by atoms with Crippen molar-refractivity contribution in [1.82, 2.24) is 10.6 Å². The van der Waals surface area contributed by atoms with Crippen LogP contribution in [0.15, 0.2) is 24.3 Å². The van der Waals surface area contributed by atoms with Crippen molar-refractivity contribution in [2.24, 2.45) is 0 Å². The molecule has 2 aliphatic carbocycles. The molecule has 142 valence electrons. The van der Waals surface area contributed by atoms with E-state index in [0.29, 0.717) is 25.2 Å². The highest BCUT2D eigenvalue weighted by Crippen LogP contribution is 2.18. The normalized spacial score (nSPS) is 18.8. The third kappa shape index (κ3) is 6.77. The van der Waals surface area contributed by atoms with Crippen LogP contribution in [0.2, 0.25) is 0 Å². The summed E-state index contributed by atoms with van der Waals surface area (Å²) in [6, 6.07) is 9.40.